The lowest BCUT2D eigenvalue weighted by Crippen LogP contribution is -2.26. The summed E-state index contributed by atoms with van der Waals surface area (Å²) in [5, 5.41) is 2.58. The van der Waals surface area contributed by atoms with Gasteiger partial charge in [0.25, 0.3) is 11.5 Å². The molecule has 2 amide bonds. The number of para-hydroxylation sites is 1. The molecule has 0 saturated heterocycles. The van der Waals surface area contributed by atoms with Crippen LogP contribution in [0.15, 0.2) is 65.6 Å². The normalized spacial score (nSPS) is 11.7. The molecular formula is C24H25F2N5O3. The van der Waals surface area contributed by atoms with Gasteiger partial charge in [0.1, 0.15) is 11.5 Å². The minimum Gasteiger partial charge on any atom is -0.366 e. The topological polar surface area (TPSA) is 123 Å². The van der Waals surface area contributed by atoms with Gasteiger partial charge >= 0.3 is 0 Å². The Hall–Kier alpha value is -4.08. The number of carbonyl (C=O) groups is 2. The van der Waals surface area contributed by atoms with Crippen LogP contribution < -0.4 is 16.6 Å². The van der Waals surface area contributed by atoms with Crippen LogP contribution in [0.2, 0.25) is 0 Å². The lowest BCUT2D eigenvalue weighted by molar-refractivity contribution is -0.116. The van der Waals surface area contributed by atoms with Gasteiger partial charge in [-0.15, -0.1) is 0 Å². The fourth-order valence-electron chi connectivity index (χ4n) is 3.35. The molecule has 0 radical (unpaired) electrons. The molecule has 4 N–H and O–H groups in total. The van der Waals surface area contributed by atoms with E-state index in [1.807, 2.05) is 0 Å². The molecule has 0 saturated carbocycles. The van der Waals surface area contributed by atoms with Crippen molar-refractivity contribution in [2.45, 2.75) is 38.7 Å². The van der Waals surface area contributed by atoms with Gasteiger partial charge in [-0.1, -0.05) is 24.8 Å². The lowest BCUT2D eigenvalue weighted by atomic mass is 10.0. The van der Waals surface area contributed by atoms with Crippen LogP contribution in [0, 0.1) is 0 Å². The maximum atomic E-state index is 14.6. The zero-order chi connectivity index (χ0) is 24.9. The van der Waals surface area contributed by atoms with E-state index in [1.54, 1.807) is 18.2 Å². The van der Waals surface area contributed by atoms with Crippen molar-refractivity contribution in [3.63, 3.8) is 0 Å². The molecule has 0 aliphatic heterocycles. The fourth-order valence-corrected chi connectivity index (χ4v) is 3.35. The molecule has 0 atom stereocenters. The Morgan fingerprint density at radius 2 is 2.06 bits per heavy atom. The van der Waals surface area contributed by atoms with Gasteiger partial charge < -0.3 is 20.6 Å². The molecule has 178 valence electrons. The first kappa shape index (κ1) is 24.6. The second-order valence-electron chi connectivity index (χ2n) is 7.84. The number of hydrogen-bond acceptors (Lipinski definition) is 4. The first-order valence-electron chi connectivity index (χ1n) is 10.6. The van der Waals surface area contributed by atoms with Crippen LogP contribution in [-0.2, 0) is 22.1 Å². The highest BCUT2D eigenvalue weighted by Gasteiger charge is 2.35. The Balaban J connectivity index is 1.75. The summed E-state index contributed by atoms with van der Waals surface area (Å²) in [5.74, 6) is -3.84. The van der Waals surface area contributed by atoms with E-state index in [0.717, 1.165) is 0 Å². The summed E-state index contributed by atoms with van der Waals surface area (Å²) in [4.78, 5) is 42.9. The summed E-state index contributed by atoms with van der Waals surface area (Å²) >= 11 is 0. The second-order valence-corrected chi connectivity index (χ2v) is 7.84. The molecule has 34 heavy (non-hydrogen) atoms. The van der Waals surface area contributed by atoms with E-state index in [2.05, 4.69) is 21.9 Å². The van der Waals surface area contributed by atoms with Gasteiger partial charge in [0.05, 0.1) is 23.1 Å². The maximum Gasteiger partial charge on any atom is 0.296 e. The van der Waals surface area contributed by atoms with Crippen molar-refractivity contribution >= 4 is 28.5 Å². The number of carbonyl (C=O) groups excluding carboxylic acids is 2. The van der Waals surface area contributed by atoms with Gasteiger partial charge in [-0.2, -0.15) is 8.78 Å². The van der Waals surface area contributed by atoms with Crippen LogP contribution in [0.25, 0.3) is 11.0 Å². The number of nitrogens with two attached hydrogens (primary N) is 1. The standard InChI is InChI=1S/C24H25F2N5O3/c1-15(2)24(25,26)16-8-6-9-17-22(16)30-20(28-17)14-31-13-7-10-18(23(31)34)29-21(33)12-5-3-4-11-19(27)32/h4,6-11,13H,1,3,5,12,14H2,2H3,(H2,27,32)(H,28,30)(H,29,33)/b11-4+. The van der Waals surface area contributed by atoms with Gasteiger partial charge in [-0.05, 0) is 49.6 Å². The van der Waals surface area contributed by atoms with Crippen molar-refractivity contribution in [2.24, 2.45) is 5.73 Å². The Bertz CT molecular complexity index is 1320. The van der Waals surface area contributed by atoms with Crippen molar-refractivity contribution in [3.8, 4) is 0 Å². The number of H-pyrrole nitrogens is 1. The minimum absolute atomic E-state index is 0.00673. The summed E-state index contributed by atoms with van der Waals surface area (Å²) < 4.78 is 30.5. The third-order valence-corrected chi connectivity index (χ3v) is 5.11. The van der Waals surface area contributed by atoms with Crippen molar-refractivity contribution in [2.75, 3.05) is 5.32 Å². The average molecular weight is 469 g/mol. The Morgan fingerprint density at radius 3 is 2.76 bits per heavy atom. The number of aromatic nitrogens is 3. The van der Waals surface area contributed by atoms with Crippen molar-refractivity contribution in [3.05, 3.63) is 82.6 Å². The summed E-state index contributed by atoms with van der Waals surface area (Å²) in [6.45, 7) is 4.62. The number of imidazole rings is 1. The second kappa shape index (κ2) is 10.2. The summed E-state index contributed by atoms with van der Waals surface area (Å²) in [5.41, 5.74) is 4.58. The molecule has 3 rings (SSSR count). The van der Waals surface area contributed by atoms with E-state index >= 15 is 0 Å². The van der Waals surface area contributed by atoms with Crippen LogP contribution in [0.4, 0.5) is 14.5 Å². The number of fused-ring (bicyclic) bond motifs is 1. The van der Waals surface area contributed by atoms with Gasteiger partial charge in [0.15, 0.2) is 0 Å². The molecule has 0 unspecified atom stereocenters. The Labute approximate surface area is 194 Å². The zero-order valence-corrected chi connectivity index (χ0v) is 18.6. The molecule has 10 heteroatoms. The van der Waals surface area contributed by atoms with Gasteiger partial charge in [-0.25, -0.2) is 4.98 Å². The smallest absolute Gasteiger partial charge is 0.296 e. The number of aromatic amines is 1. The highest BCUT2D eigenvalue weighted by atomic mass is 19.3. The molecule has 2 aromatic heterocycles. The first-order valence-corrected chi connectivity index (χ1v) is 10.6. The molecule has 0 aliphatic carbocycles. The molecule has 1 aromatic carbocycles. The predicted molar refractivity (Wildman–Crippen MR) is 125 cm³/mol. The largest absolute Gasteiger partial charge is 0.366 e. The number of rotatable bonds is 10. The number of nitrogens with zero attached hydrogens (tertiary/aromatic N) is 2. The van der Waals surface area contributed by atoms with E-state index in [-0.39, 0.29) is 41.2 Å². The highest BCUT2D eigenvalue weighted by Crippen LogP contribution is 2.37. The number of anilines is 1. The average Bonchev–Trinajstić information content (AvgIpc) is 3.18. The number of amides is 2. The molecule has 0 spiro atoms. The van der Waals surface area contributed by atoms with E-state index in [9.17, 15) is 23.2 Å². The van der Waals surface area contributed by atoms with E-state index in [4.69, 9.17) is 5.73 Å². The molecule has 0 aliphatic rings. The quantitative estimate of drug-likeness (QED) is 0.239. The Morgan fingerprint density at radius 1 is 1.29 bits per heavy atom. The summed E-state index contributed by atoms with van der Waals surface area (Å²) in [6, 6.07) is 7.50. The molecule has 8 nitrogen and oxygen atoms in total. The van der Waals surface area contributed by atoms with Crippen LogP contribution in [0.5, 0.6) is 0 Å². The molecule has 2 heterocycles. The monoisotopic (exact) mass is 469 g/mol. The first-order chi connectivity index (χ1) is 16.1. The minimum atomic E-state index is -3.25. The number of halogens is 2. The number of allylic oxidation sites excluding steroid dienone is 2. The summed E-state index contributed by atoms with van der Waals surface area (Å²) in [7, 11) is 0. The van der Waals surface area contributed by atoms with E-state index in [0.29, 0.717) is 24.2 Å². The SMILES string of the molecule is C=C(C)C(F)(F)c1cccc2[nH]c(Cn3cccc(NC(=O)CCC/C=C/C(N)=O)c3=O)nc12. The zero-order valence-electron chi connectivity index (χ0n) is 18.6. The predicted octanol–water partition coefficient (Wildman–Crippen LogP) is 3.59. The molecular weight excluding hydrogens is 444 g/mol. The van der Waals surface area contributed by atoms with Crippen molar-refractivity contribution in [1.29, 1.82) is 0 Å². The molecule has 0 fully saturated rings. The van der Waals surface area contributed by atoms with Crippen LogP contribution >= 0.6 is 0 Å². The third-order valence-electron chi connectivity index (χ3n) is 5.11. The number of hydrogen-bond donors (Lipinski definition) is 3. The number of unbranched alkanes of at least 4 members (excludes halogenated alkanes) is 1. The number of pyridine rings is 1. The van der Waals surface area contributed by atoms with Crippen LogP contribution in [0.3, 0.4) is 0 Å². The lowest BCUT2D eigenvalue weighted by Gasteiger charge is -2.16. The number of benzene rings is 1. The van der Waals surface area contributed by atoms with Gasteiger partial charge in [0.2, 0.25) is 11.8 Å². The Kier molecular flexibility index (Phi) is 7.40. The van der Waals surface area contributed by atoms with Crippen LogP contribution in [0.1, 0.15) is 37.6 Å². The molecule has 3 aromatic rings. The highest BCUT2D eigenvalue weighted by molar-refractivity contribution is 5.90. The summed E-state index contributed by atoms with van der Waals surface area (Å²) in [6.07, 6.45) is 5.45. The van der Waals surface area contributed by atoms with Crippen LogP contribution in [-0.4, -0.2) is 26.3 Å². The third kappa shape index (κ3) is 5.64. The molecule has 0 bridgehead atoms. The number of nitrogens with one attached hydrogen (secondary N) is 2. The maximum absolute atomic E-state index is 14.6. The van der Waals surface area contributed by atoms with E-state index < -0.39 is 17.4 Å². The van der Waals surface area contributed by atoms with E-state index in [1.165, 1.54) is 42.0 Å². The van der Waals surface area contributed by atoms with Gasteiger partial charge in [0, 0.05) is 12.6 Å². The van der Waals surface area contributed by atoms with Gasteiger partial charge in [-0.3, -0.25) is 14.4 Å². The number of primary amides is 1. The van der Waals surface area contributed by atoms with Crippen molar-refractivity contribution < 1.29 is 18.4 Å². The van der Waals surface area contributed by atoms with Crippen molar-refractivity contribution in [1.82, 2.24) is 14.5 Å². The fraction of sp³-hybridized carbons (Fsp3) is 0.250. The number of alkyl halides is 2.